The predicted octanol–water partition coefficient (Wildman–Crippen LogP) is 6.36. The Hall–Kier alpha value is -3.25. The number of amides is 1. The lowest BCUT2D eigenvalue weighted by molar-refractivity contribution is -0.111. The Balaban J connectivity index is 1.53. The largest absolute Gasteiger partial charge is 0.349 e. The van der Waals surface area contributed by atoms with Crippen molar-refractivity contribution in [2.45, 2.75) is 45.4 Å². The van der Waals surface area contributed by atoms with Crippen molar-refractivity contribution in [2.24, 2.45) is 0 Å². The van der Waals surface area contributed by atoms with Gasteiger partial charge in [0.1, 0.15) is 5.82 Å². The number of imidazole rings is 1. The van der Waals surface area contributed by atoms with Crippen LogP contribution < -0.4 is 5.32 Å². The van der Waals surface area contributed by atoms with Crippen LogP contribution >= 0.6 is 11.3 Å². The van der Waals surface area contributed by atoms with Gasteiger partial charge >= 0.3 is 0 Å². The number of rotatable bonds is 7. The molecule has 4 aromatic rings. The predicted molar refractivity (Wildman–Crippen MR) is 133 cm³/mol. The third kappa shape index (κ3) is 5.51. The van der Waals surface area contributed by atoms with E-state index in [1.807, 2.05) is 30.5 Å². The fourth-order valence-corrected chi connectivity index (χ4v) is 4.46. The van der Waals surface area contributed by atoms with Crippen LogP contribution in [0.3, 0.4) is 0 Å². The van der Waals surface area contributed by atoms with E-state index in [1.54, 1.807) is 12.3 Å². The minimum absolute atomic E-state index is 0.0892. The summed E-state index contributed by atoms with van der Waals surface area (Å²) in [6.07, 6.45) is 7.83. The molecule has 0 saturated heterocycles. The van der Waals surface area contributed by atoms with Gasteiger partial charge in [0, 0.05) is 24.9 Å². The first-order valence-electron chi connectivity index (χ1n) is 10.8. The van der Waals surface area contributed by atoms with Crippen LogP contribution in [0, 0.1) is 0 Å². The number of hydrogen-bond donors (Lipinski definition) is 2. The van der Waals surface area contributed by atoms with E-state index >= 15 is 0 Å². The van der Waals surface area contributed by atoms with Gasteiger partial charge in [0.15, 0.2) is 5.13 Å². The summed E-state index contributed by atoms with van der Waals surface area (Å²) in [6.45, 7) is 6.61. The number of aromatic amines is 1. The molecule has 0 fully saturated rings. The number of nitrogens with zero attached hydrogens (tertiary/aromatic N) is 2. The fourth-order valence-electron chi connectivity index (χ4n) is 3.59. The van der Waals surface area contributed by atoms with Crippen LogP contribution in [-0.2, 0) is 16.6 Å². The van der Waals surface area contributed by atoms with Gasteiger partial charge in [0.05, 0.1) is 10.2 Å². The standard InChI is InChI=1S/C26H28N4OS/c1-26(2,3)20-13-11-18(12-14-20)19(7-6-10-23-27-15-16-28-23)17-24(31)30-25-29-21-8-4-5-9-22(21)32-25/h4-5,8-9,11-17H,6-7,10H2,1-3H3,(H,27,28)(H,29,30,31). The zero-order valence-electron chi connectivity index (χ0n) is 18.7. The number of carbonyl (C=O) groups is 1. The van der Waals surface area contributed by atoms with E-state index in [1.165, 1.54) is 16.9 Å². The van der Waals surface area contributed by atoms with E-state index in [9.17, 15) is 4.79 Å². The molecule has 0 spiro atoms. The lowest BCUT2D eigenvalue weighted by Crippen LogP contribution is -2.11. The lowest BCUT2D eigenvalue weighted by atomic mass is 9.86. The summed E-state index contributed by atoms with van der Waals surface area (Å²) >= 11 is 1.48. The molecule has 0 aliphatic heterocycles. The van der Waals surface area contributed by atoms with Crippen LogP contribution in [0.2, 0.25) is 0 Å². The molecule has 2 aromatic carbocycles. The van der Waals surface area contributed by atoms with Gasteiger partial charge in [-0.05, 0) is 47.1 Å². The van der Waals surface area contributed by atoms with E-state index in [-0.39, 0.29) is 11.3 Å². The molecule has 5 nitrogen and oxygen atoms in total. The number of nitrogens with one attached hydrogen (secondary N) is 2. The van der Waals surface area contributed by atoms with Crippen molar-refractivity contribution in [3.05, 3.63) is 84.0 Å². The molecule has 0 bridgehead atoms. The highest BCUT2D eigenvalue weighted by atomic mass is 32.1. The summed E-state index contributed by atoms with van der Waals surface area (Å²) < 4.78 is 1.06. The van der Waals surface area contributed by atoms with Crippen molar-refractivity contribution in [1.82, 2.24) is 15.0 Å². The van der Waals surface area contributed by atoms with Gasteiger partial charge in [0.2, 0.25) is 5.91 Å². The second kappa shape index (κ2) is 9.49. The van der Waals surface area contributed by atoms with Crippen molar-refractivity contribution in [1.29, 1.82) is 0 Å². The molecular formula is C26H28N4OS. The van der Waals surface area contributed by atoms with Crippen molar-refractivity contribution < 1.29 is 4.79 Å². The summed E-state index contributed by atoms with van der Waals surface area (Å²) in [6, 6.07) is 16.4. The van der Waals surface area contributed by atoms with Crippen LogP contribution in [0.15, 0.2) is 67.0 Å². The number of anilines is 1. The number of hydrogen-bond acceptors (Lipinski definition) is 4. The molecule has 6 heteroatoms. The Bertz CT molecular complexity index is 1180. The van der Waals surface area contributed by atoms with E-state index in [2.05, 4.69) is 65.3 Å². The van der Waals surface area contributed by atoms with Gasteiger partial charge in [-0.3, -0.25) is 10.1 Å². The van der Waals surface area contributed by atoms with Crippen molar-refractivity contribution >= 4 is 38.2 Å². The van der Waals surface area contributed by atoms with Crippen LogP contribution in [0.5, 0.6) is 0 Å². The molecular weight excluding hydrogens is 416 g/mol. The molecule has 1 amide bonds. The Labute approximate surface area is 192 Å². The number of aromatic nitrogens is 3. The van der Waals surface area contributed by atoms with Gasteiger partial charge in [-0.1, -0.05) is 68.5 Å². The molecule has 0 aliphatic carbocycles. The van der Waals surface area contributed by atoms with E-state index < -0.39 is 0 Å². The number of para-hydroxylation sites is 1. The van der Waals surface area contributed by atoms with Gasteiger partial charge < -0.3 is 4.98 Å². The second-order valence-corrected chi connectivity index (χ2v) is 9.89. The van der Waals surface area contributed by atoms with Crippen LogP contribution in [-0.4, -0.2) is 20.9 Å². The van der Waals surface area contributed by atoms with Gasteiger partial charge in [0.25, 0.3) is 0 Å². The molecule has 2 N–H and O–H groups in total. The highest BCUT2D eigenvalue weighted by Gasteiger charge is 2.14. The molecule has 2 heterocycles. The molecule has 0 aliphatic rings. The zero-order chi connectivity index (χ0) is 22.6. The van der Waals surface area contributed by atoms with Crippen molar-refractivity contribution in [2.75, 3.05) is 5.32 Å². The minimum Gasteiger partial charge on any atom is -0.349 e. The first-order valence-corrected chi connectivity index (χ1v) is 11.7. The SMILES string of the molecule is CC(C)(C)c1ccc(C(=CC(=O)Nc2nc3ccccc3s2)CCCc2ncc[nH]2)cc1. The van der Waals surface area contributed by atoms with E-state index in [0.29, 0.717) is 5.13 Å². The Morgan fingerprint density at radius 3 is 2.59 bits per heavy atom. The van der Waals surface area contributed by atoms with E-state index in [4.69, 9.17) is 0 Å². The lowest BCUT2D eigenvalue weighted by Gasteiger charge is -2.19. The van der Waals surface area contributed by atoms with Gasteiger partial charge in [-0.25, -0.2) is 9.97 Å². The number of allylic oxidation sites excluding steroid dienone is 1. The molecule has 164 valence electrons. The maximum atomic E-state index is 12.9. The maximum absolute atomic E-state index is 12.9. The Morgan fingerprint density at radius 2 is 1.91 bits per heavy atom. The van der Waals surface area contributed by atoms with Crippen LogP contribution in [0.4, 0.5) is 5.13 Å². The number of carbonyl (C=O) groups excluding carboxylic acids is 1. The fraction of sp³-hybridized carbons (Fsp3) is 0.269. The summed E-state index contributed by atoms with van der Waals surface area (Å²) in [7, 11) is 0. The molecule has 0 unspecified atom stereocenters. The zero-order valence-corrected chi connectivity index (χ0v) is 19.5. The number of thiazole rings is 1. The Morgan fingerprint density at radius 1 is 1.12 bits per heavy atom. The first kappa shape index (κ1) is 22.0. The Kier molecular flexibility index (Phi) is 6.51. The van der Waals surface area contributed by atoms with Gasteiger partial charge in [-0.2, -0.15) is 0 Å². The topological polar surface area (TPSA) is 70.7 Å². The average molecular weight is 445 g/mol. The summed E-state index contributed by atoms with van der Waals surface area (Å²) in [5.74, 6) is 0.809. The first-order chi connectivity index (χ1) is 15.4. The van der Waals surface area contributed by atoms with Crippen molar-refractivity contribution in [3.8, 4) is 0 Å². The molecule has 32 heavy (non-hydrogen) atoms. The number of benzene rings is 2. The van der Waals surface area contributed by atoms with Crippen LogP contribution in [0.1, 0.15) is 50.6 Å². The molecule has 0 radical (unpaired) electrons. The minimum atomic E-state index is -0.156. The summed E-state index contributed by atoms with van der Waals surface area (Å²) in [4.78, 5) is 24.8. The summed E-state index contributed by atoms with van der Waals surface area (Å²) in [5, 5.41) is 3.56. The summed E-state index contributed by atoms with van der Waals surface area (Å²) in [5.41, 5.74) is 4.34. The molecule has 4 rings (SSSR count). The third-order valence-electron chi connectivity index (χ3n) is 5.37. The van der Waals surface area contributed by atoms with E-state index in [0.717, 1.165) is 46.4 Å². The van der Waals surface area contributed by atoms with Crippen LogP contribution in [0.25, 0.3) is 15.8 Å². The molecule has 0 saturated carbocycles. The highest BCUT2D eigenvalue weighted by Crippen LogP contribution is 2.28. The maximum Gasteiger partial charge on any atom is 0.250 e. The normalized spacial score (nSPS) is 12.3. The quantitative estimate of drug-likeness (QED) is 0.326. The van der Waals surface area contributed by atoms with Gasteiger partial charge in [-0.15, -0.1) is 0 Å². The number of H-pyrrole nitrogens is 1. The number of fused-ring (bicyclic) bond motifs is 1. The average Bonchev–Trinajstić information content (AvgIpc) is 3.41. The third-order valence-corrected chi connectivity index (χ3v) is 6.32. The smallest absolute Gasteiger partial charge is 0.250 e. The van der Waals surface area contributed by atoms with Crippen molar-refractivity contribution in [3.63, 3.8) is 0 Å². The monoisotopic (exact) mass is 444 g/mol. The molecule has 0 atom stereocenters. The second-order valence-electron chi connectivity index (χ2n) is 8.86. The molecule has 2 aromatic heterocycles. The number of aryl methyl sites for hydroxylation is 1. The highest BCUT2D eigenvalue weighted by molar-refractivity contribution is 7.22.